The van der Waals surface area contributed by atoms with Gasteiger partial charge in [-0.2, -0.15) is 0 Å². The number of aryl methyl sites for hydroxylation is 2. The maximum Gasteiger partial charge on any atom is 0.303 e. The number of unbranched alkanes of at least 4 members (excludes halogenated alkanes) is 2. The zero-order valence-corrected chi connectivity index (χ0v) is 26.3. The first kappa shape index (κ1) is 31.7. The summed E-state index contributed by atoms with van der Waals surface area (Å²) in [5.74, 6) is -1.21. The molecule has 0 radical (unpaired) electrons. The largest absolute Gasteiger partial charge is 0.507 e. The molecular weight excluding hydrogens is 554 g/mol. The molecule has 2 amide bonds. The molecule has 1 aliphatic carbocycles. The van der Waals surface area contributed by atoms with Gasteiger partial charge in [0.25, 0.3) is 0 Å². The van der Waals surface area contributed by atoms with Crippen LogP contribution in [-0.4, -0.2) is 52.2 Å². The highest BCUT2D eigenvalue weighted by Crippen LogP contribution is 2.51. The number of rotatable bonds is 12. The third kappa shape index (κ3) is 6.53. The van der Waals surface area contributed by atoms with Crippen molar-refractivity contribution in [3.05, 3.63) is 75.9 Å². The lowest BCUT2D eigenvalue weighted by atomic mass is 9.67. The van der Waals surface area contributed by atoms with E-state index >= 15 is 0 Å². The summed E-state index contributed by atoms with van der Waals surface area (Å²) in [4.78, 5) is 39.5. The fourth-order valence-electron chi connectivity index (χ4n) is 7.48. The second-order valence-electron chi connectivity index (χ2n) is 13.0. The van der Waals surface area contributed by atoms with Crippen molar-refractivity contribution in [1.82, 2.24) is 4.90 Å². The zero-order valence-electron chi connectivity index (χ0n) is 26.3. The lowest BCUT2D eigenvalue weighted by Gasteiger charge is -2.33. The smallest absolute Gasteiger partial charge is 0.303 e. The van der Waals surface area contributed by atoms with E-state index in [1.807, 2.05) is 44.2 Å². The molecule has 2 fully saturated rings. The van der Waals surface area contributed by atoms with Gasteiger partial charge < -0.3 is 14.9 Å². The number of phenolic OH excluding ortho intramolecular Hbond substituents is 1. The Morgan fingerprint density at radius 1 is 1.00 bits per heavy atom. The molecule has 0 unspecified atom stereocenters. The van der Waals surface area contributed by atoms with Crippen LogP contribution in [0, 0.1) is 37.5 Å². The number of carboxylic acids is 1. The zero-order chi connectivity index (χ0) is 31.5. The van der Waals surface area contributed by atoms with Crippen LogP contribution >= 0.6 is 0 Å². The van der Waals surface area contributed by atoms with Gasteiger partial charge in [0, 0.05) is 18.9 Å². The maximum absolute atomic E-state index is 13.7. The van der Waals surface area contributed by atoms with E-state index in [9.17, 15) is 19.5 Å². The second-order valence-corrected chi connectivity index (χ2v) is 13.0. The number of hydrogen-bond donors (Lipinski definition) is 2. The van der Waals surface area contributed by atoms with Gasteiger partial charge in [0.1, 0.15) is 5.75 Å². The van der Waals surface area contributed by atoms with Gasteiger partial charge in [-0.25, -0.2) is 0 Å². The van der Waals surface area contributed by atoms with Gasteiger partial charge in [0.15, 0.2) is 0 Å². The van der Waals surface area contributed by atoms with Gasteiger partial charge in [-0.3, -0.25) is 19.3 Å². The van der Waals surface area contributed by atoms with Crippen LogP contribution in [0.25, 0.3) is 11.6 Å². The third-order valence-corrected chi connectivity index (χ3v) is 9.68. The average molecular weight is 600 g/mol. The maximum atomic E-state index is 13.7. The molecule has 0 saturated carbocycles. The summed E-state index contributed by atoms with van der Waals surface area (Å²) < 4.78 is 6.48. The summed E-state index contributed by atoms with van der Waals surface area (Å²) in [7, 11) is 0. The molecule has 2 saturated heterocycles. The normalized spacial score (nSPS) is 23.5. The summed E-state index contributed by atoms with van der Waals surface area (Å²) in [5.41, 5.74) is 7.56. The number of hydrogen-bond acceptors (Lipinski definition) is 5. The third-order valence-electron chi connectivity index (χ3n) is 9.68. The van der Waals surface area contributed by atoms with Crippen molar-refractivity contribution in [3.8, 4) is 5.75 Å². The number of carbonyl (C=O) groups is 3. The van der Waals surface area contributed by atoms with Gasteiger partial charge in [-0.1, -0.05) is 62.2 Å². The van der Waals surface area contributed by atoms with Gasteiger partial charge in [0.2, 0.25) is 11.8 Å². The summed E-state index contributed by atoms with van der Waals surface area (Å²) in [6.45, 7) is 8.97. The Balaban J connectivity index is 1.36. The number of aliphatic carboxylic acids is 1. The van der Waals surface area contributed by atoms with E-state index in [0.29, 0.717) is 44.6 Å². The number of carbonyl (C=O) groups excluding carboxylic acids is 2. The molecule has 0 spiro atoms. The number of phenols is 1. The van der Waals surface area contributed by atoms with Crippen LogP contribution in [0.1, 0.15) is 81.0 Å². The second kappa shape index (κ2) is 13.5. The standard InChI is InChI=1S/C37H45NO6/c1-22(2)28-20-29-34(37(43)38(36(29)42)16-10-6-9-13-32(39)40)30-21-44-31(33(28)30)15-14-27(26-11-7-5-8-12-26)19-25-17-23(3)35(41)24(4)18-25/h5,7-8,11-12,17-19,22,29-31,34,41H,6,9-10,13-16,20-21H2,1-4H3,(H,39,40)/b27-19-/t29-,30+,31-,34-/m1/s1. The lowest BCUT2D eigenvalue weighted by Crippen LogP contribution is -2.35. The summed E-state index contributed by atoms with van der Waals surface area (Å²) >= 11 is 0. The van der Waals surface area contributed by atoms with Gasteiger partial charge in [-0.05, 0) is 97.4 Å². The Morgan fingerprint density at radius 3 is 2.36 bits per heavy atom. The predicted octanol–water partition coefficient (Wildman–Crippen LogP) is 6.95. The molecule has 4 atom stereocenters. The van der Waals surface area contributed by atoms with Gasteiger partial charge in [0.05, 0.1) is 24.5 Å². The van der Waals surface area contributed by atoms with E-state index in [2.05, 4.69) is 32.1 Å². The number of allylic oxidation sites excluding steroid dienone is 2. The average Bonchev–Trinajstić information content (AvgIpc) is 3.51. The van der Waals surface area contributed by atoms with E-state index in [1.54, 1.807) is 0 Å². The molecule has 2 N–H and O–H groups in total. The number of imide groups is 1. The summed E-state index contributed by atoms with van der Waals surface area (Å²) in [6.07, 6.45) is 6.19. The molecule has 7 nitrogen and oxygen atoms in total. The Hall–Kier alpha value is -3.71. The van der Waals surface area contributed by atoms with Crippen molar-refractivity contribution in [2.75, 3.05) is 13.2 Å². The van der Waals surface area contributed by atoms with Crippen molar-refractivity contribution < 1.29 is 29.3 Å². The topological polar surface area (TPSA) is 104 Å². The van der Waals surface area contributed by atoms with Crippen LogP contribution in [0.5, 0.6) is 5.75 Å². The highest BCUT2D eigenvalue weighted by molar-refractivity contribution is 6.06. The monoisotopic (exact) mass is 599 g/mol. The molecule has 2 aromatic carbocycles. The van der Waals surface area contributed by atoms with Crippen LogP contribution in [0.3, 0.4) is 0 Å². The fraction of sp³-hybridized carbons (Fsp3) is 0.486. The molecule has 44 heavy (non-hydrogen) atoms. The molecule has 5 rings (SSSR count). The Labute approximate surface area is 260 Å². The van der Waals surface area contributed by atoms with E-state index in [-0.39, 0.29) is 48.0 Å². The number of likely N-dealkylation sites (tertiary alicyclic amines) is 1. The van der Waals surface area contributed by atoms with E-state index in [4.69, 9.17) is 9.84 Å². The van der Waals surface area contributed by atoms with Crippen molar-refractivity contribution >= 4 is 29.4 Å². The summed E-state index contributed by atoms with van der Waals surface area (Å²) in [5, 5.41) is 19.2. The minimum atomic E-state index is -0.822. The van der Waals surface area contributed by atoms with E-state index in [0.717, 1.165) is 35.1 Å². The molecule has 234 valence electrons. The molecule has 2 heterocycles. The molecule has 0 aromatic heterocycles. The predicted molar refractivity (Wildman–Crippen MR) is 171 cm³/mol. The Morgan fingerprint density at radius 2 is 1.70 bits per heavy atom. The number of benzene rings is 2. The quantitative estimate of drug-likeness (QED) is 0.118. The number of aromatic hydroxyl groups is 1. The van der Waals surface area contributed by atoms with Crippen molar-refractivity contribution in [1.29, 1.82) is 0 Å². The number of nitrogens with zero attached hydrogens (tertiary/aromatic N) is 1. The van der Waals surface area contributed by atoms with Gasteiger partial charge >= 0.3 is 5.97 Å². The van der Waals surface area contributed by atoms with Crippen LogP contribution in [0.2, 0.25) is 0 Å². The molecule has 3 aliphatic rings. The summed E-state index contributed by atoms with van der Waals surface area (Å²) in [6, 6.07) is 14.3. The number of carboxylic acid groups (broad SMARTS) is 1. The minimum absolute atomic E-state index is 0.0762. The molecule has 0 bridgehead atoms. The first-order valence-electron chi connectivity index (χ1n) is 16.0. The van der Waals surface area contributed by atoms with Crippen molar-refractivity contribution in [2.45, 2.75) is 78.7 Å². The first-order valence-corrected chi connectivity index (χ1v) is 16.0. The molecular formula is C37H45NO6. The minimum Gasteiger partial charge on any atom is -0.507 e. The number of fused-ring (bicyclic) bond motifs is 3. The number of amides is 2. The van der Waals surface area contributed by atoms with Crippen LogP contribution in [0.15, 0.2) is 53.6 Å². The highest BCUT2D eigenvalue weighted by atomic mass is 16.5. The van der Waals surface area contributed by atoms with Crippen molar-refractivity contribution in [3.63, 3.8) is 0 Å². The fourth-order valence-corrected chi connectivity index (χ4v) is 7.48. The molecule has 2 aromatic rings. The van der Waals surface area contributed by atoms with Crippen LogP contribution in [0.4, 0.5) is 0 Å². The first-order chi connectivity index (χ1) is 21.1. The molecule has 7 heteroatoms. The highest BCUT2D eigenvalue weighted by Gasteiger charge is 2.56. The van der Waals surface area contributed by atoms with Crippen molar-refractivity contribution in [2.24, 2.45) is 23.7 Å². The SMILES string of the molecule is Cc1cc(/C=C(/CC[C@H]2OC[C@H]3C2=C(C(C)C)C[C@H]2C(=O)N(CCCCCC(=O)O)C(=O)[C@H]23)c2ccccc2)cc(C)c1O. The molecule has 2 aliphatic heterocycles. The van der Waals surface area contributed by atoms with Crippen LogP contribution in [-0.2, 0) is 19.1 Å². The van der Waals surface area contributed by atoms with E-state index in [1.165, 1.54) is 21.6 Å². The lowest BCUT2D eigenvalue weighted by molar-refractivity contribution is -0.141. The Kier molecular flexibility index (Phi) is 9.74. The van der Waals surface area contributed by atoms with E-state index < -0.39 is 5.97 Å². The van der Waals surface area contributed by atoms with Crippen LogP contribution < -0.4 is 0 Å². The Bertz CT molecular complexity index is 1450. The number of ether oxygens (including phenoxy) is 1. The van der Waals surface area contributed by atoms with Gasteiger partial charge in [-0.15, -0.1) is 0 Å².